The van der Waals surface area contributed by atoms with Gasteiger partial charge in [0.15, 0.2) is 11.5 Å². The zero-order valence-electron chi connectivity index (χ0n) is 16.9. The third kappa shape index (κ3) is 4.19. The first kappa shape index (κ1) is 21.5. The Morgan fingerprint density at radius 1 is 1.00 bits per heavy atom. The number of anilines is 1. The van der Waals surface area contributed by atoms with E-state index in [1.165, 1.54) is 30.3 Å². The van der Waals surface area contributed by atoms with E-state index < -0.39 is 15.7 Å². The summed E-state index contributed by atoms with van der Waals surface area (Å²) in [6.45, 7) is 0.362. The van der Waals surface area contributed by atoms with E-state index in [0.29, 0.717) is 11.5 Å². The normalized spacial score (nSPS) is 12.7. The molecular formula is C23H16BrFN2O5S. The molecule has 0 spiro atoms. The first-order valence-electron chi connectivity index (χ1n) is 9.80. The van der Waals surface area contributed by atoms with E-state index in [0.717, 1.165) is 10.0 Å². The van der Waals surface area contributed by atoms with E-state index in [1.54, 1.807) is 30.3 Å². The molecule has 1 aliphatic rings. The minimum absolute atomic E-state index is 0.0326. The Labute approximate surface area is 197 Å². The van der Waals surface area contributed by atoms with Crippen LogP contribution in [0.5, 0.6) is 11.5 Å². The first-order chi connectivity index (χ1) is 15.9. The average molecular weight is 531 g/mol. The number of benzene rings is 3. The van der Waals surface area contributed by atoms with E-state index in [9.17, 15) is 12.8 Å². The number of hydrogen-bond acceptors (Lipinski definition) is 7. The Morgan fingerprint density at radius 3 is 2.55 bits per heavy atom. The molecule has 1 aromatic heterocycles. The van der Waals surface area contributed by atoms with Gasteiger partial charge in [-0.3, -0.25) is 0 Å². The third-order valence-corrected chi connectivity index (χ3v) is 7.18. The van der Waals surface area contributed by atoms with Crippen molar-refractivity contribution in [2.75, 3.05) is 12.1 Å². The van der Waals surface area contributed by atoms with E-state index in [2.05, 4.69) is 26.2 Å². The number of hydrogen-bond donors (Lipinski definition) is 1. The molecule has 7 nitrogen and oxygen atoms in total. The van der Waals surface area contributed by atoms with Crippen LogP contribution in [0, 0.1) is 5.82 Å². The van der Waals surface area contributed by atoms with Gasteiger partial charge in [0, 0.05) is 11.0 Å². The molecule has 0 fully saturated rings. The topological polar surface area (TPSA) is 90.7 Å². The fourth-order valence-electron chi connectivity index (χ4n) is 3.31. The second-order valence-corrected chi connectivity index (χ2v) is 9.91. The van der Waals surface area contributed by atoms with Gasteiger partial charge in [-0.15, -0.1) is 0 Å². The van der Waals surface area contributed by atoms with Gasteiger partial charge in [0.05, 0.1) is 10.5 Å². The molecule has 2 heterocycles. The van der Waals surface area contributed by atoms with Crippen LogP contribution in [0.2, 0.25) is 0 Å². The summed E-state index contributed by atoms with van der Waals surface area (Å²) >= 11 is 3.30. The summed E-state index contributed by atoms with van der Waals surface area (Å²) < 4.78 is 58.2. The van der Waals surface area contributed by atoms with E-state index in [4.69, 9.17) is 13.9 Å². The molecule has 0 atom stereocenters. The monoisotopic (exact) mass is 530 g/mol. The summed E-state index contributed by atoms with van der Waals surface area (Å²) in [5.74, 6) is 0.430. The minimum atomic E-state index is -4.06. The molecule has 0 saturated carbocycles. The van der Waals surface area contributed by atoms with Crippen LogP contribution in [-0.4, -0.2) is 20.2 Å². The summed E-state index contributed by atoms with van der Waals surface area (Å²) in [6.07, 6.45) is 0. The average Bonchev–Trinajstić information content (AvgIpc) is 3.45. The number of oxazole rings is 1. The van der Waals surface area contributed by atoms with Gasteiger partial charge in [-0.1, -0.05) is 34.1 Å². The van der Waals surface area contributed by atoms with E-state index in [1.807, 2.05) is 6.07 Å². The maximum absolute atomic E-state index is 14.4. The zero-order valence-corrected chi connectivity index (χ0v) is 19.3. The largest absolute Gasteiger partial charge is 0.454 e. The van der Waals surface area contributed by atoms with Gasteiger partial charge in [0.2, 0.25) is 33.4 Å². The lowest BCUT2D eigenvalue weighted by molar-refractivity contribution is 0.174. The molecule has 33 heavy (non-hydrogen) atoms. The summed E-state index contributed by atoms with van der Waals surface area (Å²) in [6, 6.07) is 17.4. The fraction of sp³-hybridized carbons (Fsp3) is 0.0870. The lowest BCUT2D eigenvalue weighted by atomic mass is 10.2. The standard InChI is InChI=1S/C23H16BrFN2O5S/c24-15-6-8-16(9-7-15)33(28,29)23-22(32-21(27-23)17-3-1-2-4-18(17)25)26-12-14-5-10-19-20(11-14)31-13-30-19/h1-11,26H,12-13H2. The molecule has 5 rings (SSSR count). The Hall–Kier alpha value is -3.37. The molecule has 0 radical (unpaired) electrons. The molecule has 1 aliphatic heterocycles. The molecule has 10 heteroatoms. The molecule has 1 N–H and O–H groups in total. The summed E-state index contributed by atoms with van der Waals surface area (Å²) in [4.78, 5) is 4.20. The predicted octanol–water partition coefficient (Wildman–Crippen LogP) is 5.42. The van der Waals surface area contributed by atoms with Gasteiger partial charge in [-0.25, -0.2) is 12.8 Å². The summed E-state index contributed by atoms with van der Waals surface area (Å²) in [5.41, 5.74) is 0.857. The number of rotatable bonds is 6. The van der Waals surface area contributed by atoms with Crippen molar-refractivity contribution >= 4 is 31.7 Å². The number of nitrogens with zero attached hydrogens (tertiary/aromatic N) is 1. The van der Waals surface area contributed by atoms with Gasteiger partial charge in [-0.05, 0) is 54.1 Å². The van der Waals surface area contributed by atoms with Crippen molar-refractivity contribution in [1.82, 2.24) is 4.98 Å². The predicted molar refractivity (Wildman–Crippen MR) is 121 cm³/mol. The quantitative estimate of drug-likeness (QED) is 0.356. The van der Waals surface area contributed by atoms with Crippen molar-refractivity contribution in [2.24, 2.45) is 0 Å². The van der Waals surface area contributed by atoms with Crippen LogP contribution in [-0.2, 0) is 16.4 Å². The lowest BCUT2D eigenvalue weighted by Gasteiger charge is -2.07. The van der Waals surface area contributed by atoms with Crippen molar-refractivity contribution in [3.05, 3.63) is 82.6 Å². The highest BCUT2D eigenvalue weighted by molar-refractivity contribution is 9.10. The number of fused-ring (bicyclic) bond motifs is 1. The number of sulfone groups is 1. The summed E-state index contributed by atoms with van der Waals surface area (Å²) in [7, 11) is -4.06. The highest BCUT2D eigenvalue weighted by Crippen LogP contribution is 2.35. The maximum Gasteiger partial charge on any atom is 0.234 e. The van der Waals surface area contributed by atoms with Crippen LogP contribution >= 0.6 is 15.9 Å². The van der Waals surface area contributed by atoms with E-state index in [-0.39, 0.29) is 40.6 Å². The highest BCUT2D eigenvalue weighted by Gasteiger charge is 2.29. The minimum Gasteiger partial charge on any atom is -0.454 e. The molecule has 3 aromatic carbocycles. The third-order valence-electron chi connectivity index (χ3n) is 4.97. The SMILES string of the molecule is O=S(=O)(c1ccc(Br)cc1)c1nc(-c2ccccc2F)oc1NCc1ccc2c(c1)OCO2. The van der Waals surface area contributed by atoms with Crippen molar-refractivity contribution in [2.45, 2.75) is 16.5 Å². The van der Waals surface area contributed by atoms with Crippen molar-refractivity contribution in [3.63, 3.8) is 0 Å². The van der Waals surface area contributed by atoms with Crippen LogP contribution in [0.1, 0.15) is 5.56 Å². The Morgan fingerprint density at radius 2 is 1.76 bits per heavy atom. The molecule has 168 valence electrons. The van der Waals surface area contributed by atoms with Crippen LogP contribution in [0.15, 0.2) is 85.5 Å². The van der Waals surface area contributed by atoms with Crippen LogP contribution < -0.4 is 14.8 Å². The number of aromatic nitrogens is 1. The van der Waals surface area contributed by atoms with Crippen LogP contribution in [0.3, 0.4) is 0 Å². The Bertz CT molecular complexity index is 1440. The molecule has 0 aliphatic carbocycles. The molecule has 4 aromatic rings. The molecule has 0 amide bonds. The zero-order chi connectivity index (χ0) is 23.0. The van der Waals surface area contributed by atoms with Crippen LogP contribution in [0.25, 0.3) is 11.5 Å². The number of nitrogens with one attached hydrogen (secondary N) is 1. The fourth-order valence-corrected chi connectivity index (χ4v) is 4.85. The molecule has 0 bridgehead atoms. The number of ether oxygens (including phenoxy) is 2. The van der Waals surface area contributed by atoms with Gasteiger partial charge < -0.3 is 19.2 Å². The lowest BCUT2D eigenvalue weighted by Crippen LogP contribution is -2.07. The maximum atomic E-state index is 14.4. The summed E-state index contributed by atoms with van der Waals surface area (Å²) in [5, 5.41) is 2.65. The molecular weight excluding hydrogens is 515 g/mol. The number of halogens is 2. The second kappa shape index (κ2) is 8.53. The van der Waals surface area contributed by atoms with Crippen molar-refractivity contribution < 1.29 is 26.7 Å². The van der Waals surface area contributed by atoms with E-state index >= 15 is 0 Å². The first-order valence-corrected chi connectivity index (χ1v) is 12.1. The van der Waals surface area contributed by atoms with Gasteiger partial charge in [0.25, 0.3) is 0 Å². The Kier molecular flexibility index (Phi) is 5.55. The smallest absolute Gasteiger partial charge is 0.234 e. The van der Waals surface area contributed by atoms with Gasteiger partial charge in [-0.2, -0.15) is 4.98 Å². The second-order valence-electron chi connectivity index (χ2n) is 7.13. The highest BCUT2D eigenvalue weighted by atomic mass is 79.9. The van der Waals surface area contributed by atoms with Gasteiger partial charge in [0.1, 0.15) is 5.82 Å². The molecule has 0 saturated heterocycles. The molecule has 0 unspecified atom stereocenters. The van der Waals surface area contributed by atoms with Crippen LogP contribution in [0.4, 0.5) is 10.3 Å². The van der Waals surface area contributed by atoms with Crippen molar-refractivity contribution in [1.29, 1.82) is 0 Å². The van der Waals surface area contributed by atoms with Gasteiger partial charge >= 0.3 is 0 Å². The van der Waals surface area contributed by atoms with Crippen molar-refractivity contribution in [3.8, 4) is 23.0 Å². The Balaban J connectivity index is 1.54.